The second-order valence-corrected chi connectivity index (χ2v) is 4.05. The van der Waals surface area contributed by atoms with Crippen LogP contribution in [0.1, 0.15) is 19.8 Å². The molecule has 0 fully saturated rings. The highest BCUT2D eigenvalue weighted by Gasteiger charge is 2.02. The van der Waals surface area contributed by atoms with Crippen LogP contribution in [0.15, 0.2) is 12.0 Å². The van der Waals surface area contributed by atoms with E-state index in [0.29, 0.717) is 6.42 Å². The maximum atomic E-state index is 10.2. The standard InChI is InChI=1S/C7H14O5S/c1-2-7(8)6-12-4-3-5-13(9,10)11/h6,8H,2-5H2,1H3,(H,9,10,11). The van der Waals surface area contributed by atoms with Gasteiger partial charge in [0.25, 0.3) is 10.1 Å². The summed E-state index contributed by atoms with van der Waals surface area (Å²) >= 11 is 0. The Kier molecular flexibility index (Phi) is 5.48. The molecule has 0 rings (SSSR count). The Balaban J connectivity index is 3.48. The summed E-state index contributed by atoms with van der Waals surface area (Å²) in [6.45, 7) is 1.91. The number of hydrogen-bond acceptors (Lipinski definition) is 4. The van der Waals surface area contributed by atoms with E-state index in [9.17, 15) is 8.42 Å². The molecule has 13 heavy (non-hydrogen) atoms. The normalized spacial score (nSPS) is 12.9. The molecule has 0 unspecified atom stereocenters. The molecule has 0 radical (unpaired) electrons. The summed E-state index contributed by atoms with van der Waals surface area (Å²) in [5.41, 5.74) is 0. The summed E-state index contributed by atoms with van der Waals surface area (Å²) in [6, 6.07) is 0. The van der Waals surface area contributed by atoms with Crippen LogP contribution in [0.3, 0.4) is 0 Å². The number of aliphatic hydroxyl groups excluding tert-OH is 1. The van der Waals surface area contributed by atoms with Crippen LogP contribution in [0.5, 0.6) is 0 Å². The zero-order valence-corrected chi connectivity index (χ0v) is 8.25. The number of rotatable bonds is 6. The Morgan fingerprint density at radius 2 is 2.15 bits per heavy atom. The van der Waals surface area contributed by atoms with Crippen molar-refractivity contribution in [1.29, 1.82) is 0 Å². The molecule has 0 aliphatic rings. The smallest absolute Gasteiger partial charge is 0.264 e. The predicted octanol–water partition coefficient (Wildman–Crippen LogP) is 1.09. The van der Waals surface area contributed by atoms with Crippen LogP contribution in [0.4, 0.5) is 0 Å². The van der Waals surface area contributed by atoms with Crippen LogP contribution in [0.25, 0.3) is 0 Å². The van der Waals surface area contributed by atoms with Crippen LogP contribution < -0.4 is 0 Å². The van der Waals surface area contributed by atoms with Crippen molar-refractivity contribution in [3.8, 4) is 0 Å². The van der Waals surface area contributed by atoms with Crippen LogP contribution in [0, 0.1) is 0 Å². The second kappa shape index (κ2) is 5.82. The fraction of sp³-hybridized carbons (Fsp3) is 0.714. The van der Waals surface area contributed by atoms with Gasteiger partial charge in [0.2, 0.25) is 0 Å². The van der Waals surface area contributed by atoms with Crippen molar-refractivity contribution in [1.82, 2.24) is 0 Å². The molecule has 0 saturated carbocycles. The van der Waals surface area contributed by atoms with Crippen molar-refractivity contribution < 1.29 is 22.8 Å². The van der Waals surface area contributed by atoms with Crippen molar-refractivity contribution in [2.24, 2.45) is 0 Å². The topological polar surface area (TPSA) is 83.8 Å². The molecular weight excluding hydrogens is 196 g/mol. The lowest BCUT2D eigenvalue weighted by Crippen LogP contribution is -2.06. The number of allylic oxidation sites excluding steroid dienone is 1. The van der Waals surface area contributed by atoms with Gasteiger partial charge in [0.1, 0.15) is 12.0 Å². The lowest BCUT2D eigenvalue weighted by atomic mass is 10.4. The monoisotopic (exact) mass is 210 g/mol. The summed E-state index contributed by atoms with van der Waals surface area (Å²) in [5, 5.41) is 8.89. The second-order valence-electron chi connectivity index (χ2n) is 2.47. The molecule has 0 spiro atoms. The van der Waals surface area contributed by atoms with Crippen molar-refractivity contribution in [2.45, 2.75) is 19.8 Å². The molecule has 0 aromatic carbocycles. The molecule has 0 aliphatic carbocycles. The zero-order chi connectivity index (χ0) is 10.3. The van der Waals surface area contributed by atoms with Gasteiger partial charge in [-0.25, -0.2) is 0 Å². The Bertz CT molecular complexity index is 254. The van der Waals surface area contributed by atoms with Crippen molar-refractivity contribution in [3.63, 3.8) is 0 Å². The van der Waals surface area contributed by atoms with Crippen molar-refractivity contribution in [3.05, 3.63) is 12.0 Å². The largest absolute Gasteiger partial charge is 0.509 e. The number of aliphatic hydroxyl groups is 1. The Morgan fingerprint density at radius 1 is 1.54 bits per heavy atom. The van der Waals surface area contributed by atoms with Gasteiger partial charge in [0.05, 0.1) is 12.4 Å². The van der Waals surface area contributed by atoms with Gasteiger partial charge < -0.3 is 9.84 Å². The molecule has 0 saturated heterocycles. The molecule has 5 nitrogen and oxygen atoms in total. The van der Waals surface area contributed by atoms with Gasteiger partial charge in [-0.2, -0.15) is 8.42 Å². The summed E-state index contributed by atoms with van der Waals surface area (Å²) in [6.07, 6.45) is 1.84. The van der Waals surface area contributed by atoms with E-state index in [1.54, 1.807) is 6.92 Å². The van der Waals surface area contributed by atoms with Gasteiger partial charge in [0.15, 0.2) is 0 Å². The summed E-state index contributed by atoms with van der Waals surface area (Å²) in [5.74, 6) is -0.222. The third kappa shape index (κ3) is 9.16. The molecule has 0 heterocycles. The molecule has 0 aromatic rings. The first-order chi connectivity index (χ1) is 5.95. The van der Waals surface area contributed by atoms with Crippen molar-refractivity contribution >= 4 is 10.1 Å². The lowest BCUT2D eigenvalue weighted by Gasteiger charge is -2.00. The third-order valence-corrected chi connectivity index (χ3v) is 2.05. The first-order valence-corrected chi connectivity index (χ1v) is 5.51. The van der Waals surface area contributed by atoms with E-state index in [2.05, 4.69) is 0 Å². The van der Waals surface area contributed by atoms with E-state index in [1.165, 1.54) is 6.26 Å². The maximum Gasteiger partial charge on any atom is 0.264 e. The Morgan fingerprint density at radius 3 is 2.62 bits per heavy atom. The maximum absolute atomic E-state index is 10.2. The van der Waals surface area contributed by atoms with E-state index in [-0.39, 0.29) is 24.5 Å². The molecule has 0 atom stereocenters. The minimum absolute atomic E-state index is 0.104. The first kappa shape index (κ1) is 12.2. The highest BCUT2D eigenvalue weighted by atomic mass is 32.2. The van der Waals surface area contributed by atoms with Gasteiger partial charge in [-0.05, 0) is 6.42 Å². The van der Waals surface area contributed by atoms with Crippen molar-refractivity contribution in [2.75, 3.05) is 12.4 Å². The molecule has 0 aliphatic heterocycles. The highest BCUT2D eigenvalue weighted by Crippen LogP contribution is 1.96. The van der Waals surface area contributed by atoms with E-state index < -0.39 is 10.1 Å². The van der Waals surface area contributed by atoms with Gasteiger partial charge in [-0.3, -0.25) is 4.55 Å². The SMILES string of the molecule is CCC(O)=COCCCS(=O)(=O)O. The Labute approximate surface area is 77.8 Å². The average Bonchev–Trinajstić information content (AvgIpc) is 2.01. The van der Waals surface area contributed by atoms with Crippen LogP contribution in [-0.4, -0.2) is 30.4 Å². The molecule has 0 amide bonds. The lowest BCUT2D eigenvalue weighted by molar-refractivity contribution is 0.226. The molecule has 0 bridgehead atoms. The quantitative estimate of drug-likeness (QED) is 0.389. The molecule has 6 heteroatoms. The van der Waals surface area contributed by atoms with Gasteiger partial charge >= 0.3 is 0 Å². The molecular formula is C7H14O5S. The Hall–Kier alpha value is -0.750. The van der Waals surface area contributed by atoms with E-state index in [4.69, 9.17) is 14.4 Å². The van der Waals surface area contributed by atoms with Gasteiger partial charge in [-0.15, -0.1) is 0 Å². The summed E-state index contributed by atoms with van der Waals surface area (Å²) in [7, 11) is -3.89. The van der Waals surface area contributed by atoms with Crippen LogP contribution in [0.2, 0.25) is 0 Å². The third-order valence-electron chi connectivity index (χ3n) is 1.25. The highest BCUT2D eigenvalue weighted by molar-refractivity contribution is 7.85. The molecule has 0 aromatic heterocycles. The van der Waals surface area contributed by atoms with Gasteiger partial charge in [-0.1, -0.05) is 6.92 Å². The minimum Gasteiger partial charge on any atom is -0.509 e. The van der Waals surface area contributed by atoms with E-state index in [0.717, 1.165) is 0 Å². The fourth-order valence-electron chi connectivity index (χ4n) is 0.563. The average molecular weight is 210 g/mol. The van der Waals surface area contributed by atoms with E-state index in [1.807, 2.05) is 0 Å². The summed E-state index contributed by atoms with van der Waals surface area (Å²) < 4.78 is 33.6. The first-order valence-electron chi connectivity index (χ1n) is 3.90. The van der Waals surface area contributed by atoms with E-state index >= 15 is 0 Å². The minimum atomic E-state index is -3.89. The molecule has 2 N–H and O–H groups in total. The fourth-order valence-corrected chi connectivity index (χ4v) is 1.05. The number of hydrogen-bond donors (Lipinski definition) is 2. The van der Waals surface area contributed by atoms with Crippen LogP contribution in [-0.2, 0) is 14.9 Å². The number of ether oxygens (including phenoxy) is 1. The zero-order valence-electron chi connectivity index (χ0n) is 7.43. The molecule has 78 valence electrons. The van der Waals surface area contributed by atoms with Gasteiger partial charge in [0, 0.05) is 6.42 Å². The summed E-state index contributed by atoms with van der Waals surface area (Å²) in [4.78, 5) is 0. The van der Waals surface area contributed by atoms with Crippen LogP contribution >= 0.6 is 0 Å². The predicted molar refractivity (Wildman–Crippen MR) is 48.0 cm³/mol.